The maximum absolute atomic E-state index is 2.36. The summed E-state index contributed by atoms with van der Waals surface area (Å²) in [6.45, 7) is 6.46. The fourth-order valence-corrected chi connectivity index (χ4v) is 3.66. The van der Waals surface area contributed by atoms with Crippen LogP contribution in [-0.2, 0) is 0 Å². The maximum atomic E-state index is 2.36. The number of rotatable bonds is 5. The van der Waals surface area contributed by atoms with Crippen LogP contribution < -0.4 is 4.90 Å². The molecule has 2 nitrogen and oxygen atoms in total. The van der Waals surface area contributed by atoms with E-state index in [1.165, 1.54) is 33.1 Å². The van der Waals surface area contributed by atoms with Crippen molar-refractivity contribution in [2.45, 2.75) is 13.8 Å². The Morgan fingerprint density at radius 2 is 1.27 bits per heavy atom. The Hall–Kier alpha value is -3.00. The first kappa shape index (κ1) is 16.5. The summed E-state index contributed by atoms with van der Waals surface area (Å²) in [5, 5.41) is 2.59. The minimum Gasteiger partial charge on any atom is -0.372 e. The molecule has 0 aliphatic carbocycles. The van der Waals surface area contributed by atoms with Crippen molar-refractivity contribution in [3.63, 3.8) is 0 Å². The molecular formula is C24H24N2. The summed E-state index contributed by atoms with van der Waals surface area (Å²) in [5.41, 5.74) is 4.97. The van der Waals surface area contributed by atoms with Gasteiger partial charge in [0.1, 0.15) is 0 Å². The van der Waals surface area contributed by atoms with Crippen molar-refractivity contribution < 1.29 is 0 Å². The van der Waals surface area contributed by atoms with Crippen molar-refractivity contribution in [3.05, 3.63) is 78.4 Å². The molecule has 0 radical (unpaired) electrons. The molecule has 4 rings (SSSR count). The maximum Gasteiger partial charge on any atom is 0.0534 e. The highest BCUT2D eigenvalue weighted by atomic mass is 15.1. The van der Waals surface area contributed by atoms with E-state index in [4.69, 9.17) is 0 Å². The molecule has 0 spiro atoms. The number of hydrogen-bond donors (Lipinski definition) is 0. The molecule has 2 heteroatoms. The second kappa shape index (κ2) is 7.09. The van der Waals surface area contributed by atoms with Crippen LogP contribution in [0, 0.1) is 0 Å². The zero-order valence-corrected chi connectivity index (χ0v) is 15.4. The number of nitrogens with zero attached hydrogens (tertiary/aromatic N) is 2. The topological polar surface area (TPSA) is 8.17 Å². The van der Waals surface area contributed by atoms with Crippen LogP contribution in [-0.4, -0.2) is 17.7 Å². The summed E-state index contributed by atoms with van der Waals surface area (Å²) in [6.07, 6.45) is 4.36. The van der Waals surface area contributed by atoms with Gasteiger partial charge in [0.2, 0.25) is 0 Å². The molecule has 0 fully saturated rings. The summed E-state index contributed by atoms with van der Waals surface area (Å²) in [4.78, 5) is 2.36. The predicted molar refractivity (Wildman–Crippen MR) is 115 cm³/mol. The molecule has 0 N–H and O–H groups in total. The number of hydrogen-bond acceptors (Lipinski definition) is 1. The zero-order chi connectivity index (χ0) is 17.9. The molecule has 0 atom stereocenters. The fourth-order valence-electron chi connectivity index (χ4n) is 3.66. The molecule has 0 aliphatic heterocycles. The monoisotopic (exact) mass is 340 g/mol. The van der Waals surface area contributed by atoms with Crippen molar-refractivity contribution in [1.82, 2.24) is 4.57 Å². The van der Waals surface area contributed by atoms with Gasteiger partial charge in [0, 0.05) is 35.7 Å². The second-order valence-electron chi connectivity index (χ2n) is 6.48. The third-order valence-corrected chi connectivity index (χ3v) is 5.06. The van der Waals surface area contributed by atoms with E-state index in [1.54, 1.807) is 0 Å². The number of anilines is 1. The normalized spacial score (nSPS) is 11.6. The van der Waals surface area contributed by atoms with Gasteiger partial charge in [0.05, 0.1) is 11.0 Å². The van der Waals surface area contributed by atoms with Crippen LogP contribution in [0.15, 0.2) is 72.8 Å². The van der Waals surface area contributed by atoms with Gasteiger partial charge in [-0.15, -0.1) is 0 Å². The van der Waals surface area contributed by atoms with Crippen molar-refractivity contribution in [2.24, 2.45) is 0 Å². The van der Waals surface area contributed by atoms with Gasteiger partial charge in [-0.25, -0.2) is 0 Å². The molecule has 0 aliphatic rings. The van der Waals surface area contributed by atoms with Crippen LogP contribution in [0.4, 0.5) is 5.69 Å². The predicted octanol–water partition coefficient (Wildman–Crippen LogP) is 6.27. The van der Waals surface area contributed by atoms with E-state index in [9.17, 15) is 0 Å². The molecule has 3 aromatic carbocycles. The third kappa shape index (κ3) is 2.88. The van der Waals surface area contributed by atoms with Gasteiger partial charge in [0.15, 0.2) is 0 Å². The fraction of sp³-hybridized carbons (Fsp3) is 0.167. The van der Waals surface area contributed by atoms with Crippen molar-refractivity contribution in [2.75, 3.05) is 18.0 Å². The molecule has 4 aromatic rings. The molecule has 1 heterocycles. The molecule has 0 saturated carbocycles. The lowest BCUT2D eigenvalue weighted by Gasteiger charge is -2.20. The number of para-hydroxylation sites is 2. The van der Waals surface area contributed by atoms with Gasteiger partial charge >= 0.3 is 0 Å². The van der Waals surface area contributed by atoms with E-state index >= 15 is 0 Å². The Kier molecular flexibility index (Phi) is 4.49. The summed E-state index contributed by atoms with van der Waals surface area (Å²) < 4.78 is 2.28. The number of aromatic nitrogens is 1. The summed E-state index contributed by atoms with van der Waals surface area (Å²) in [7, 11) is 0. The quantitative estimate of drug-likeness (QED) is 0.416. The van der Waals surface area contributed by atoms with E-state index in [0.717, 1.165) is 13.1 Å². The smallest absolute Gasteiger partial charge is 0.0534 e. The van der Waals surface area contributed by atoms with Gasteiger partial charge < -0.3 is 9.47 Å². The van der Waals surface area contributed by atoms with Gasteiger partial charge in [0.25, 0.3) is 0 Å². The molecular weight excluding hydrogens is 316 g/mol. The van der Waals surface area contributed by atoms with Crippen LogP contribution in [0.1, 0.15) is 19.4 Å². The zero-order valence-electron chi connectivity index (χ0n) is 15.4. The summed E-state index contributed by atoms with van der Waals surface area (Å²) in [6, 6.07) is 26.0. The minimum absolute atomic E-state index is 1.03. The first-order valence-corrected chi connectivity index (χ1v) is 9.32. The lowest BCUT2D eigenvalue weighted by molar-refractivity contribution is 0.866. The highest BCUT2D eigenvalue weighted by Crippen LogP contribution is 2.29. The summed E-state index contributed by atoms with van der Waals surface area (Å²) >= 11 is 0. The third-order valence-electron chi connectivity index (χ3n) is 5.06. The van der Waals surface area contributed by atoms with Crippen LogP contribution >= 0.6 is 0 Å². The van der Waals surface area contributed by atoms with E-state index in [-0.39, 0.29) is 0 Å². The lowest BCUT2D eigenvalue weighted by Crippen LogP contribution is -2.21. The van der Waals surface area contributed by atoms with E-state index in [1.807, 2.05) is 0 Å². The minimum atomic E-state index is 1.03. The summed E-state index contributed by atoms with van der Waals surface area (Å²) in [5.74, 6) is 0. The van der Waals surface area contributed by atoms with Crippen LogP contribution in [0.25, 0.3) is 34.1 Å². The Morgan fingerprint density at radius 3 is 1.81 bits per heavy atom. The van der Waals surface area contributed by atoms with Crippen molar-refractivity contribution in [1.29, 1.82) is 0 Å². The molecule has 0 unspecified atom stereocenters. The largest absolute Gasteiger partial charge is 0.372 e. The second-order valence-corrected chi connectivity index (χ2v) is 6.48. The average Bonchev–Trinajstić information content (AvgIpc) is 3.02. The molecule has 0 saturated heterocycles. The van der Waals surface area contributed by atoms with Crippen molar-refractivity contribution in [3.8, 4) is 0 Å². The average molecular weight is 340 g/mol. The van der Waals surface area contributed by atoms with Crippen LogP contribution in [0.5, 0.6) is 0 Å². The van der Waals surface area contributed by atoms with E-state index in [0.29, 0.717) is 0 Å². The van der Waals surface area contributed by atoms with Gasteiger partial charge in [-0.05, 0) is 49.8 Å². The Morgan fingerprint density at radius 1 is 0.731 bits per heavy atom. The standard InChI is InChI=1S/C24H24N2/c1-3-25(4-2)20-15-13-19(14-16-20)17-18-26-23-11-7-5-9-21(23)22-10-6-8-12-24(22)26/h5-18H,3-4H2,1-2H3. The molecule has 0 bridgehead atoms. The lowest BCUT2D eigenvalue weighted by atomic mass is 10.2. The van der Waals surface area contributed by atoms with Gasteiger partial charge in [-0.2, -0.15) is 0 Å². The first-order chi connectivity index (χ1) is 12.8. The van der Waals surface area contributed by atoms with Gasteiger partial charge in [-0.3, -0.25) is 0 Å². The van der Waals surface area contributed by atoms with Crippen LogP contribution in [0.3, 0.4) is 0 Å². The SMILES string of the molecule is CCN(CC)c1ccc(C=Cn2c3ccccc3c3ccccc32)cc1. The Labute approximate surface area is 155 Å². The first-order valence-electron chi connectivity index (χ1n) is 9.32. The van der Waals surface area contributed by atoms with Crippen molar-refractivity contribution >= 4 is 39.8 Å². The molecule has 130 valence electrons. The number of benzene rings is 3. The Balaban J connectivity index is 1.72. The Bertz CT molecular complexity index is 997. The van der Waals surface area contributed by atoms with Crippen LogP contribution in [0.2, 0.25) is 0 Å². The van der Waals surface area contributed by atoms with Gasteiger partial charge in [-0.1, -0.05) is 48.5 Å². The highest BCUT2D eigenvalue weighted by Gasteiger charge is 2.07. The highest BCUT2D eigenvalue weighted by molar-refractivity contribution is 6.09. The van der Waals surface area contributed by atoms with E-state index < -0.39 is 0 Å². The molecule has 26 heavy (non-hydrogen) atoms. The molecule has 0 amide bonds. The number of fused-ring (bicyclic) bond motifs is 3. The molecule has 1 aromatic heterocycles. The van der Waals surface area contributed by atoms with E-state index in [2.05, 4.69) is 108 Å².